The largest absolute Gasteiger partial charge is 0.490 e. The lowest BCUT2D eigenvalue weighted by Gasteiger charge is -2.17. The Morgan fingerprint density at radius 1 is 1.24 bits per heavy atom. The van der Waals surface area contributed by atoms with Crippen molar-refractivity contribution in [1.29, 1.82) is 0 Å². The van der Waals surface area contributed by atoms with E-state index in [4.69, 9.17) is 14.2 Å². The number of esters is 1. The van der Waals surface area contributed by atoms with Gasteiger partial charge in [-0.05, 0) is 30.0 Å². The third-order valence-electron chi connectivity index (χ3n) is 3.13. The molecular formula is C18H28NO5S+. The Kier molecular flexibility index (Phi) is 10.0. The fourth-order valence-electron chi connectivity index (χ4n) is 1.97. The predicted molar refractivity (Wildman–Crippen MR) is 101 cm³/mol. The molecule has 0 aromatic heterocycles. The molecule has 1 aromatic carbocycles. The number of hydrogen-bond donors (Lipinski definition) is 1. The molecule has 0 saturated carbocycles. The van der Waals surface area contributed by atoms with E-state index in [2.05, 4.69) is 17.8 Å². The highest BCUT2D eigenvalue weighted by molar-refractivity contribution is 7.95. The number of hydrogen-bond acceptors (Lipinski definition) is 5. The number of nitrogens with one attached hydrogen (secondary N) is 1. The summed E-state index contributed by atoms with van der Waals surface area (Å²) in [5, 5.41) is 2.87. The van der Waals surface area contributed by atoms with Crippen molar-refractivity contribution >= 4 is 28.5 Å². The first-order chi connectivity index (χ1) is 11.9. The molecule has 1 aromatic rings. The molecule has 0 unspecified atom stereocenters. The molecule has 25 heavy (non-hydrogen) atoms. The number of carbonyl (C=O) groups excluding carboxylic acids is 2. The number of amides is 1. The van der Waals surface area contributed by atoms with Gasteiger partial charge in [0.25, 0.3) is 0 Å². The molecule has 0 heterocycles. The minimum Gasteiger partial charge on any atom is -0.490 e. The molecule has 1 N–H and O–H groups in total. The second-order valence-corrected chi connectivity index (χ2v) is 8.10. The Bertz CT molecular complexity index is 550. The third-order valence-corrected chi connectivity index (χ3v) is 4.15. The van der Waals surface area contributed by atoms with Crippen molar-refractivity contribution in [3.05, 3.63) is 24.3 Å². The van der Waals surface area contributed by atoms with E-state index in [1.54, 1.807) is 18.2 Å². The maximum Gasteiger partial charge on any atom is 0.303 e. The molecule has 0 aliphatic carbocycles. The third kappa shape index (κ3) is 9.99. The van der Waals surface area contributed by atoms with Gasteiger partial charge in [0.1, 0.15) is 18.1 Å². The van der Waals surface area contributed by atoms with E-state index in [9.17, 15) is 9.59 Å². The highest BCUT2D eigenvalue weighted by Crippen LogP contribution is 2.18. The summed E-state index contributed by atoms with van der Waals surface area (Å²) in [6, 6.07) is 7.16. The van der Waals surface area contributed by atoms with Gasteiger partial charge >= 0.3 is 5.97 Å². The van der Waals surface area contributed by atoms with Gasteiger partial charge in [-0.3, -0.25) is 9.59 Å². The molecule has 1 amide bonds. The SMILES string of the molecule is CCOC[C@@H](COc1cccc(NC(=O)CC[S+](C)C)c1)OC(C)=O. The quantitative estimate of drug-likeness (QED) is 0.478. The smallest absolute Gasteiger partial charge is 0.303 e. The average Bonchev–Trinajstić information content (AvgIpc) is 2.55. The Morgan fingerprint density at radius 3 is 2.64 bits per heavy atom. The zero-order valence-corrected chi connectivity index (χ0v) is 16.2. The first-order valence-electron chi connectivity index (χ1n) is 8.22. The lowest BCUT2D eigenvalue weighted by Crippen LogP contribution is -2.29. The van der Waals surface area contributed by atoms with Crippen LogP contribution in [0.15, 0.2) is 24.3 Å². The topological polar surface area (TPSA) is 73.9 Å². The Hall–Kier alpha value is -1.73. The molecule has 0 aliphatic heterocycles. The Labute approximate surface area is 152 Å². The molecule has 0 fully saturated rings. The van der Waals surface area contributed by atoms with Crippen molar-refractivity contribution in [3.8, 4) is 5.75 Å². The molecule has 0 aliphatic rings. The van der Waals surface area contributed by atoms with Crippen LogP contribution in [-0.4, -0.2) is 56.1 Å². The molecule has 140 valence electrons. The number of anilines is 1. The molecule has 0 saturated heterocycles. The normalized spacial score (nSPS) is 11.9. The molecular weight excluding hydrogens is 342 g/mol. The van der Waals surface area contributed by atoms with E-state index in [-0.39, 0.29) is 36.0 Å². The van der Waals surface area contributed by atoms with Crippen molar-refractivity contribution in [2.45, 2.75) is 26.4 Å². The van der Waals surface area contributed by atoms with E-state index in [1.165, 1.54) is 6.92 Å². The van der Waals surface area contributed by atoms with Gasteiger partial charge in [0, 0.05) is 25.3 Å². The summed E-state index contributed by atoms with van der Waals surface area (Å²) >= 11 is 0. The second kappa shape index (κ2) is 11.8. The standard InChI is InChI=1S/C18H27NO5S/c1-5-22-12-17(24-14(2)20)13-23-16-8-6-7-15(11-16)19-18(21)9-10-25(3)4/h6-8,11,17H,5,9-10,12-13H2,1-4H3/p+1/t17-/m0/s1. The van der Waals surface area contributed by atoms with E-state index in [1.807, 2.05) is 13.0 Å². The minimum atomic E-state index is -0.470. The van der Waals surface area contributed by atoms with Crippen LogP contribution in [0, 0.1) is 0 Å². The minimum absolute atomic E-state index is 0.00696. The highest BCUT2D eigenvalue weighted by Gasteiger charge is 2.14. The van der Waals surface area contributed by atoms with Gasteiger partial charge in [-0.15, -0.1) is 0 Å². The molecule has 1 atom stereocenters. The van der Waals surface area contributed by atoms with Crippen molar-refractivity contribution in [2.75, 3.05) is 43.4 Å². The van der Waals surface area contributed by atoms with Crippen LogP contribution >= 0.6 is 0 Å². The van der Waals surface area contributed by atoms with Crippen LogP contribution in [-0.2, 0) is 30.0 Å². The van der Waals surface area contributed by atoms with Gasteiger partial charge in [-0.25, -0.2) is 0 Å². The molecule has 0 spiro atoms. The lowest BCUT2D eigenvalue weighted by atomic mass is 10.3. The summed E-state index contributed by atoms with van der Waals surface area (Å²) in [6.07, 6.45) is 4.26. The van der Waals surface area contributed by atoms with Gasteiger partial charge < -0.3 is 19.5 Å². The summed E-state index contributed by atoms with van der Waals surface area (Å²) in [6.45, 7) is 4.23. The van der Waals surface area contributed by atoms with E-state index in [0.717, 1.165) is 5.75 Å². The van der Waals surface area contributed by atoms with E-state index >= 15 is 0 Å². The predicted octanol–water partition coefficient (Wildman–Crippen LogP) is 2.24. The fourth-order valence-corrected chi connectivity index (χ4v) is 2.57. The van der Waals surface area contributed by atoms with Crippen molar-refractivity contribution < 1.29 is 23.8 Å². The molecule has 1 rings (SSSR count). The first-order valence-corrected chi connectivity index (χ1v) is 10.4. The summed E-state index contributed by atoms with van der Waals surface area (Å²) < 4.78 is 16.1. The van der Waals surface area contributed by atoms with Crippen LogP contribution in [0.1, 0.15) is 20.3 Å². The lowest BCUT2D eigenvalue weighted by molar-refractivity contribution is -0.151. The van der Waals surface area contributed by atoms with Gasteiger partial charge in [0.2, 0.25) is 5.91 Å². The molecule has 7 heteroatoms. The van der Waals surface area contributed by atoms with Crippen molar-refractivity contribution in [1.82, 2.24) is 0 Å². The van der Waals surface area contributed by atoms with Crippen LogP contribution in [0.3, 0.4) is 0 Å². The van der Waals surface area contributed by atoms with Gasteiger partial charge in [0.15, 0.2) is 6.10 Å². The summed E-state index contributed by atoms with van der Waals surface area (Å²) in [4.78, 5) is 23.0. The van der Waals surface area contributed by atoms with Crippen LogP contribution in [0.5, 0.6) is 5.75 Å². The molecule has 6 nitrogen and oxygen atoms in total. The summed E-state index contributed by atoms with van der Waals surface area (Å²) in [5.41, 5.74) is 0.684. The number of ether oxygens (including phenoxy) is 3. The maximum absolute atomic E-state index is 11.9. The summed E-state index contributed by atoms with van der Waals surface area (Å²) in [7, 11) is 0.246. The average molecular weight is 370 g/mol. The van der Waals surface area contributed by atoms with Crippen LogP contribution < -0.4 is 10.1 Å². The zero-order valence-electron chi connectivity index (χ0n) is 15.4. The number of rotatable bonds is 11. The van der Waals surface area contributed by atoms with E-state index < -0.39 is 6.10 Å². The van der Waals surface area contributed by atoms with Gasteiger partial charge in [-0.2, -0.15) is 0 Å². The molecule has 0 radical (unpaired) electrons. The van der Waals surface area contributed by atoms with Crippen molar-refractivity contribution in [3.63, 3.8) is 0 Å². The molecule has 0 bridgehead atoms. The summed E-state index contributed by atoms with van der Waals surface area (Å²) in [5.74, 6) is 1.09. The number of carbonyl (C=O) groups is 2. The van der Waals surface area contributed by atoms with Crippen LogP contribution in [0.25, 0.3) is 0 Å². The van der Waals surface area contributed by atoms with Crippen molar-refractivity contribution in [2.24, 2.45) is 0 Å². The van der Waals surface area contributed by atoms with Gasteiger partial charge in [0.05, 0.1) is 25.5 Å². The second-order valence-electron chi connectivity index (χ2n) is 5.72. The fraction of sp³-hybridized carbons (Fsp3) is 0.556. The number of benzene rings is 1. The Balaban J connectivity index is 2.55. The highest BCUT2D eigenvalue weighted by atomic mass is 32.2. The first kappa shape index (κ1) is 21.3. The zero-order chi connectivity index (χ0) is 18.7. The van der Waals surface area contributed by atoms with Gasteiger partial charge in [-0.1, -0.05) is 6.07 Å². The Morgan fingerprint density at radius 2 is 2.00 bits per heavy atom. The van der Waals surface area contributed by atoms with Crippen LogP contribution in [0.4, 0.5) is 5.69 Å². The monoisotopic (exact) mass is 370 g/mol. The van der Waals surface area contributed by atoms with E-state index in [0.29, 0.717) is 24.5 Å². The maximum atomic E-state index is 11.9. The van der Waals surface area contributed by atoms with Crippen LogP contribution in [0.2, 0.25) is 0 Å².